The Morgan fingerprint density at radius 1 is 1.19 bits per heavy atom. The number of halogens is 1. The molecular formula is C14H18FN5S. The molecule has 3 rings (SSSR count). The summed E-state index contributed by atoms with van der Waals surface area (Å²) in [5.41, 5.74) is 0.700. The van der Waals surface area contributed by atoms with E-state index in [-0.39, 0.29) is 5.82 Å². The third kappa shape index (κ3) is 3.30. The number of hydrogen-bond donors (Lipinski definition) is 1. The highest BCUT2D eigenvalue weighted by molar-refractivity contribution is 7.15. The molecule has 0 unspecified atom stereocenters. The van der Waals surface area contributed by atoms with E-state index in [1.54, 1.807) is 17.4 Å². The third-order valence-electron chi connectivity index (χ3n) is 3.61. The second kappa shape index (κ2) is 6.36. The van der Waals surface area contributed by atoms with E-state index in [1.165, 1.54) is 6.07 Å². The van der Waals surface area contributed by atoms with Crippen LogP contribution >= 0.6 is 11.3 Å². The van der Waals surface area contributed by atoms with Crippen LogP contribution in [0.2, 0.25) is 0 Å². The van der Waals surface area contributed by atoms with Crippen molar-refractivity contribution in [3.63, 3.8) is 0 Å². The van der Waals surface area contributed by atoms with Gasteiger partial charge >= 0.3 is 0 Å². The van der Waals surface area contributed by atoms with E-state index in [9.17, 15) is 4.39 Å². The van der Waals surface area contributed by atoms with Gasteiger partial charge in [-0.1, -0.05) is 23.5 Å². The zero-order valence-corrected chi connectivity index (χ0v) is 12.7. The van der Waals surface area contributed by atoms with Crippen LogP contribution < -0.4 is 10.2 Å². The van der Waals surface area contributed by atoms with Gasteiger partial charge in [0.25, 0.3) is 0 Å². The number of para-hydroxylation sites is 1. The normalized spacial score (nSPS) is 16.2. The number of benzene rings is 1. The average molecular weight is 307 g/mol. The Labute approximate surface area is 127 Å². The molecule has 5 nitrogen and oxygen atoms in total. The van der Waals surface area contributed by atoms with Crippen LogP contribution in [0.25, 0.3) is 0 Å². The molecule has 0 bridgehead atoms. The maximum absolute atomic E-state index is 13.8. The fourth-order valence-corrected chi connectivity index (χ4v) is 3.20. The molecule has 1 aromatic carbocycles. The Morgan fingerprint density at radius 2 is 1.95 bits per heavy atom. The Balaban J connectivity index is 1.56. The summed E-state index contributed by atoms with van der Waals surface area (Å²) >= 11 is 1.58. The molecule has 1 aromatic heterocycles. The first-order chi connectivity index (χ1) is 10.3. The molecular weight excluding hydrogens is 289 g/mol. The van der Waals surface area contributed by atoms with Crippen molar-refractivity contribution in [2.75, 3.05) is 43.4 Å². The molecule has 0 spiro atoms. The van der Waals surface area contributed by atoms with Gasteiger partial charge in [-0.2, -0.15) is 0 Å². The van der Waals surface area contributed by atoms with Crippen molar-refractivity contribution < 1.29 is 4.39 Å². The minimum Gasteiger partial charge on any atom is -0.367 e. The van der Waals surface area contributed by atoms with Crippen molar-refractivity contribution in [1.82, 2.24) is 15.1 Å². The van der Waals surface area contributed by atoms with Gasteiger partial charge in [-0.25, -0.2) is 4.39 Å². The van der Waals surface area contributed by atoms with Crippen LogP contribution in [-0.4, -0.2) is 48.3 Å². The molecule has 2 aromatic rings. The Bertz CT molecular complexity index is 595. The molecule has 1 aliphatic rings. The SMILES string of the molecule is CNc1nnc(CN2CCN(c3ccccc3F)CC2)s1. The number of piperazine rings is 1. The van der Waals surface area contributed by atoms with Crippen molar-refractivity contribution >= 4 is 22.2 Å². The fraction of sp³-hybridized carbons (Fsp3) is 0.429. The number of anilines is 2. The number of hydrogen-bond acceptors (Lipinski definition) is 6. The minimum absolute atomic E-state index is 0.145. The van der Waals surface area contributed by atoms with Crippen molar-refractivity contribution in [1.29, 1.82) is 0 Å². The fourth-order valence-electron chi connectivity index (χ4n) is 2.46. The molecule has 1 fully saturated rings. The van der Waals surface area contributed by atoms with E-state index in [0.717, 1.165) is 42.9 Å². The number of nitrogens with zero attached hydrogens (tertiary/aromatic N) is 4. The molecule has 0 radical (unpaired) electrons. The molecule has 21 heavy (non-hydrogen) atoms. The topological polar surface area (TPSA) is 44.3 Å². The van der Waals surface area contributed by atoms with Gasteiger partial charge in [0.15, 0.2) is 0 Å². The van der Waals surface area contributed by atoms with Gasteiger partial charge in [0.05, 0.1) is 12.2 Å². The molecule has 1 saturated heterocycles. The molecule has 1 N–H and O–H groups in total. The van der Waals surface area contributed by atoms with E-state index < -0.39 is 0 Å². The van der Waals surface area contributed by atoms with Crippen molar-refractivity contribution in [2.24, 2.45) is 0 Å². The van der Waals surface area contributed by atoms with E-state index in [4.69, 9.17) is 0 Å². The second-order valence-corrected chi connectivity index (χ2v) is 6.03. The molecule has 112 valence electrons. The summed E-state index contributed by atoms with van der Waals surface area (Å²) in [5, 5.41) is 13.1. The number of aromatic nitrogens is 2. The molecule has 7 heteroatoms. The van der Waals surface area contributed by atoms with E-state index >= 15 is 0 Å². The predicted molar refractivity (Wildman–Crippen MR) is 83.3 cm³/mol. The number of nitrogens with one attached hydrogen (secondary N) is 1. The lowest BCUT2D eigenvalue weighted by atomic mass is 10.2. The van der Waals surface area contributed by atoms with Gasteiger partial charge in [0.2, 0.25) is 5.13 Å². The van der Waals surface area contributed by atoms with E-state index in [2.05, 4.69) is 25.3 Å². The van der Waals surface area contributed by atoms with Crippen LogP contribution in [0.1, 0.15) is 5.01 Å². The maximum Gasteiger partial charge on any atom is 0.205 e. The quantitative estimate of drug-likeness (QED) is 0.936. The van der Waals surface area contributed by atoms with Crippen LogP contribution in [0.4, 0.5) is 15.2 Å². The van der Waals surface area contributed by atoms with Gasteiger partial charge in [0, 0.05) is 33.2 Å². The highest BCUT2D eigenvalue weighted by atomic mass is 32.1. The summed E-state index contributed by atoms with van der Waals surface area (Å²) in [6.45, 7) is 4.29. The summed E-state index contributed by atoms with van der Waals surface area (Å²) < 4.78 is 13.8. The lowest BCUT2D eigenvalue weighted by Gasteiger charge is -2.35. The Kier molecular flexibility index (Phi) is 4.31. The van der Waals surface area contributed by atoms with Crippen LogP contribution in [-0.2, 0) is 6.54 Å². The third-order valence-corrected chi connectivity index (χ3v) is 4.53. The van der Waals surface area contributed by atoms with Gasteiger partial charge < -0.3 is 10.2 Å². The second-order valence-electron chi connectivity index (χ2n) is 4.97. The van der Waals surface area contributed by atoms with Crippen molar-refractivity contribution in [3.8, 4) is 0 Å². The largest absolute Gasteiger partial charge is 0.367 e. The van der Waals surface area contributed by atoms with Crippen molar-refractivity contribution in [2.45, 2.75) is 6.54 Å². The average Bonchev–Trinajstić information content (AvgIpc) is 2.96. The summed E-state index contributed by atoms with van der Waals surface area (Å²) in [4.78, 5) is 4.43. The predicted octanol–water partition coefficient (Wildman–Crippen LogP) is 2.04. The maximum atomic E-state index is 13.8. The Hall–Kier alpha value is -1.73. The summed E-state index contributed by atoms with van der Waals surface area (Å²) in [7, 11) is 1.84. The first-order valence-corrected chi connectivity index (χ1v) is 7.80. The van der Waals surface area contributed by atoms with E-state index in [1.807, 2.05) is 19.2 Å². The molecule has 0 atom stereocenters. The first kappa shape index (κ1) is 14.2. The molecule has 0 aliphatic carbocycles. The summed E-state index contributed by atoms with van der Waals surface area (Å²) in [6.07, 6.45) is 0. The summed E-state index contributed by atoms with van der Waals surface area (Å²) in [5.74, 6) is -0.145. The minimum atomic E-state index is -0.145. The van der Waals surface area contributed by atoms with Crippen LogP contribution in [0.15, 0.2) is 24.3 Å². The van der Waals surface area contributed by atoms with Gasteiger partial charge in [0.1, 0.15) is 10.8 Å². The lowest BCUT2D eigenvalue weighted by Crippen LogP contribution is -2.46. The molecule has 2 heterocycles. The molecule has 1 aliphatic heterocycles. The van der Waals surface area contributed by atoms with Gasteiger partial charge in [-0.3, -0.25) is 4.90 Å². The highest BCUT2D eigenvalue weighted by Gasteiger charge is 2.20. The standard InChI is InChI=1S/C14H18FN5S/c1-16-14-18-17-13(21-14)10-19-6-8-20(9-7-19)12-5-3-2-4-11(12)15/h2-5H,6-10H2,1H3,(H,16,18). The summed E-state index contributed by atoms with van der Waals surface area (Å²) in [6, 6.07) is 6.96. The first-order valence-electron chi connectivity index (χ1n) is 6.98. The Morgan fingerprint density at radius 3 is 2.62 bits per heavy atom. The van der Waals surface area contributed by atoms with Gasteiger partial charge in [-0.05, 0) is 12.1 Å². The zero-order chi connectivity index (χ0) is 14.7. The van der Waals surface area contributed by atoms with Crippen LogP contribution in [0.3, 0.4) is 0 Å². The van der Waals surface area contributed by atoms with E-state index in [0.29, 0.717) is 5.69 Å². The van der Waals surface area contributed by atoms with Crippen LogP contribution in [0.5, 0.6) is 0 Å². The highest BCUT2D eigenvalue weighted by Crippen LogP contribution is 2.21. The number of rotatable bonds is 4. The molecule has 0 saturated carbocycles. The molecule has 0 amide bonds. The van der Waals surface area contributed by atoms with Crippen molar-refractivity contribution in [3.05, 3.63) is 35.1 Å². The monoisotopic (exact) mass is 307 g/mol. The van der Waals surface area contributed by atoms with Gasteiger partial charge in [-0.15, -0.1) is 10.2 Å². The zero-order valence-electron chi connectivity index (χ0n) is 11.9. The van der Waals surface area contributed by atoms with Crippen LogP contribution in [0, 0.1) is 5.82 Å². The lowest BCUT2D eigenvalue weighted by molar-refractivity contribution is 0.248. The smallest absolute Gasteiger partial charge is 0.205 e.